The summed E-state index contributed by atoms with van der Waals surface area (Å²) in [5.41, 5.74) is 7.64. The number of piperazine rings is 2. The van der Waals surface area contributed by atoms with Crippen LogP contribution in [0, 0.1) is 0 Å². The van der Waals surface area contributed by atoms with E-state index in [1.165, 1.54) is 16.8 Å². The summed E-state index contributed by atoms with van der Waals surface area (Å²) in [6.07, 6.45) is 3.90. The van der Waals surface area contributed by atoms with Crippen LogP contribution in [0.1, 0.15) is 75.3 Å². The van der Waals surface area contributed by atoms with Crippen LogP contribution in [0.5, 0.6) is 0 Å². The van der Waals surface area contributed by atoms with Crippen molar-refractivity contribution in [2.75, 3.05) is 82.4 Å². The molecule has 4 aromatic rings. The largest absolute Gasteiger partial charge is 0.415 e. The summed E-state index contributed by atoms with van der Waals surface area (Å²) >= 11 is 0. The second kappa shape index (κ2) is 22.3. The highest BCUT2D eigenvalue weighted by Gasteiger charge is 2.37. The van der Waals surface area contributed by atoms with E-state index in [9.17, 15) is 14.4 Å². The highest BCUT2D eigenvalue weighted by atomic mass is 28.4. The Bertz CT molecular complexity index is 2170. The molecule has 2 aliphatic heterocycles. The topological polar surface area (TPSA) is 79.9 Å². The van der Waals surface area contributed by atoms with Gasteiger partial charge in [-0.15, -0.1) is 0 Å². The molecule has 3 amide bonds. The van der Waals surface area contributed by atoms with E-state index in [0.29, 0.717) is 38.5 Å². The van der Waals surface area contributed by atoms with Crippen molar-refractivity contribution in [2.45, 2.75) is 91.1 Å². The van der Waals surface area contributed by atoms with Crippen LogP contribution in [0.2, 0.25) is 18.1 Å². The third kappa shape index (κ3) is 13.7. The average molecular weight is 899 g/mol. The van der Waals surface area contributed by atoms with Gasteiger partial charge in [-0.25, -0.2) is 0 Å². The molecule has 0 spiro atoms. The van der Waals surface area contributed by atoms with E-state index in [2.05, 4.69) is 130 Å². The fraction of sp³-hybridized carbons (Fsp3) is 0.463. The first-order valence-electron chi connectivity index (χ1n) is 23.6. The number of likely N-dealkylation sites (N-methyl/N-ethyl adjacent to an activating group) is 1. The minimum Gasteiger partial charge on any atom is -0.415 e. The number of rotatable bonds is 17. The molecule has 2 fully saturated rings. The standard InChI is InChI=1S/C54H74N6O4Si/c1-42(2)48-22-15-44(16-23-48)21-28-52(62)60(41-47-19-26-50(27-20-47)58-35-33-57(34-36-58)43(3)61)51(39-45-13-11-10-12-14-45)53(63)59-31-29-56(30-32-59)40-46-17-24-49(25-18-46)55(7)37-38-64-65(8,9)54(4,5)6/h10-28,42,51H,29-41H2,1-9H3/b28-21-/t51-/m0/s1. The Morgan fingerprint density at radius 3 is 1.92 bits per heavy atom. The maximum atomic E-state index is 14.9. The first-order valence-corrected chi connectivity index (χ1v) is 26.6. The molecule has 4 aromatic carbocycles. The van der Waals surface area contributed by atoms with Gasteiger partial charge in [-0.3, -0.25) is 19.3 Å². The molecular formula is C54H74N6O4Si. The van der Waals surface area contributed by atoms with Gasteiger partial charge in [0.1, 0.15) is 6.04 Å². The van der Waals surface area contributed by atoms with E-state index in [1.54, 1.807) is 17.9 Å². The van der Waals surface area contributed by atoms with Gasteiger partial charge in [0.05, 0.1) is 6.61 Å². The van der Waals surface area contributed by atoms with E-state index >= 15 is 0 Å². The highest BCUT2D eigenvalue weighted by Crippen LogP contribution is 2.36. The van der Waals surface area contributed by atoms with Crippen LogP contribution in [0.4, 0.5) is 11.4 Å². The molecule has 0 unspecified atom stereocenters. The minimum absolute atomic E-state index is 0.0265. The predicted octanol–water partition coefficient (Wildman–Crippen LogP) is 8.93. The number of anilines is 2. The number of benzene rings is 4. The van der Waals surface area contributed by atoms with Crippen molar-refractivity contribution >= 4 is 43.5 Å². The van der Waals surface area contributed by atoms with E-state index in [0.717, 1.165) is 68.3 Å². The van der Waals surface area contributed by atoms with Crippen LogP contribution in [-0.2, 0) is 38.3 Å². The van der Waals surface area contributed by atoms with Gasteiger partial charge in [0, 0.05) is 110 Å². The molecule has 11 heteroatoms. The number of carbonyl (C=O) groups is 3. The maximum Gasteiger partial charge on any atom is 0.247 e. The van der Waals surface area contributed by atoms with Crippen molar-refractivity contribution in [2.24, 2.45) is 0 Å². The Balaban J connectivity index is 1.15. The van der Waals surface area contributed by atoms with Gasteiger partial charge < -0.3 is 28.9 Å². The van der Waals surface area contributed by atoms with Crippen molar-refractivity contribution in [1.29, 1.82) is 0 Å². The summed E-state index contributed by atoms with van der Waals surface area (Å²) in [4.78, 5) is 54.0. The summed E-state index contributed by atoms with van der Waals surface area (Å²) < 4.78 is 6.43. The number of amides is 3. The summed E-state index contributed by atoms with van der Waals surface area (Å²) in [7, 11) is 0.338. The molecule has 0 radical (unpaired) electrons. The van der Waals surface area contributed by atoms with E-state index < -0.39 is 14.4 Å². The lowest BCUT2D eigenvalue weighted by Gasteiger charge is -2.39. The van der Waals surface area contributed by atoms with Crippen molar-refractivity contribution in [3.63, 3.8) is 0 Å². The van der Waals surface area contributed by atoms with Gasteiger partial charge in [0.25, 0.3) is 0 Å². The normalized spacial score (nSPS) is 15.7. The fourth-order valence-electron chi connectivity index (χ4n) is 8.29. The van der Waals surface area contributed by atoms with Crippen molar-refractivity contribution in [3.05, 3.63) is 137 Å². The van der Waals surface area contributed by atoms with Crippen LogP contribution in [0.15, 0.2) is 109 Å². The predicted molar refractivity (Wildman–Crippen MR) is 270 cm³/mol. The molecule has 348 valence electrons. The second-order valence-electron chi connectivity index (χ2n) is 19.8. The molecule has 6 rings (SSSR count). The van der Waals surface area contributed by atoms with Crippen LogP contribution in [-0.4, -0.2) is 124 Å². The van der Waals surface area contributed by atoms with Crippen molar-refractivity contribution < 1.29 is 18.8 Å². The lowest BCUT2D eigenvalue weighted by atomic mass is 10.0. The molecule has 0 N–H and O–H groups in total. The second-order valence-corrected chi connectivity index (χ2v) is 24.6. The highest BCUT2D eigenvalue weighted by molar-refractivity contribution is 6.74. The Hall–Kier alpha value is -5.23. The third-order valence-electron chi connectivity index (χ3n) is 13.8. The van der Waals surface area contributed by atoms with Crippen LogP contribution >= 0.6 is 0 Å². The number of hydrogen-bond acceptors (Lipinski definition) is 7. The number of carbonyl (C=O) groups excluding carboxylic acids is 3. The van der Waals surface area contributed by atoms with E-state index in [4.69, 9.17) is 4.43 Å². The summed E-state index contributed by atoms with van der Waals surface area (Å²) in [6, 6.07) is 34.8. The summed E-state index contributed by atoms with van der Waals surface area (Å²) in [5, 5.41) is 0.193. The van der Waals surface area contributed by atoms with Gasteiger partial charge in [-0.2, -0.15) is 0 Å². The third-order valence-corrected chi connectivity index (χ3v) is 18.3. The summed E-state index contributed by atoms with van der Waals surface area (Å²) in [6.45, 7) is 25.6. The Kier molecular flexibility index (Phi) is 16.9. The molecule has 10 nitrogen and oxygen atoms in total. The molecule has 65 heavy (non-hydrogen) atoms. The number of hydrogen-bond donors (Lipinski definition) is 0. The van der Waals surface area contributed by atoms with E-state index in [1.807, 2.05) is 58.3 Å². The molecule has 2 aliphatic rings. The Labute approximate surface area is 391 Å². The summed E-state index contributed by atoms with van der Waals surface area (Å²) in [5.74, 6) is 0.293. The SMILES string of the molecule is CC(=O)N1CCN(c2ccc(CN(C(=O)/C=C\c3ccc(C(C)C)cc3)[C@@H](Cc3ccccc3)C(=O)N3CCN(Cc4ccc(N(C)CCO[Si](C)(C)C(C)(C)C)cc4)CC3)cc2)CC1. The van der Waals surface area contributed by atoms with Gasteiger partial charge in [-0.1, -0.05) is 113 Å². The molecule has 1 atom stereocenters. The van der Waals surface area contributed by atoms with Crippen molar-refractivity contribution in [3.8, 4) is 0 Å². The smallest absolute Gasteiger partial charge is 0.247 e. The molecule has 0 aromatic heterocycles. The average Bonchev–Trinajstić information content (AvgIpc) is 3.30. The van der Waals surface area contributed by atoms with Crippen LogP contribution < -0.4 is 9.80 Å². The zero-order chi connectivity index (χ0) is 46.7. The maximum absolute atomic E-state index is 14.9. The van der Waals surface area contributed by atoms with Gasteiger partial charge in [0.2, 0.25) is 17.7 Å². The zero-order valence-corrected chi connectivity index (χ0v) is 41.6. The van der Waals surface area contributed by atoms with Crippen LogP contribution in [0.3, 0.4) is 0 Å². The first-order chi connectivity index (χ1) is 31.0. The van der Waals surface area contributed by atoms with E-state index in [-0.39, 0.29) is 29.3 Å². The molecular weight excluding hydrogens is 825 g/mol. The fourth-order valence-corrected chi connectivity index (χ4v) is 9.32. The first kappa shape index (κ1) is 49.2. The van der Waals surface area contributed by atoms with Crippen LogP contribution in [0.25, 0.3) is 6.08 Å². The van der Waals surface area contributed by atoms with Crippen molar-refractivity contribution in [1.82, 2.24) is 19.6 Å². The quantitative estimate of drug-likeness (QED) is 0.0774. The zero-order valence-electron chi connectivity index (χ0n) is 40.6. The van der Waals surface area contributed by atoms with Gasteiger partial charge in [0.15, 0.2) is 8.32 Å². The van der Waals surface area contributed by atoms with Gasteiger partial charge >= 0.3 is 0 Å². The lowest BCUT2D eigenvalue weighted by Crippen LogP contribution is -2.56. The van der Waals surface area contributed by atoms with Gasteiger partial charge in [-0.05, 0) is 82.2 Å². The Morgan fingerprint density at radius 2 is 1.34 bits per heavy atom. The molecule has 0 saturated carbocycles. The monoisotopic (exact) mass is 899 g/mol. The molecule has 0 bridgehead atoms. The minimum atomic E-state index is -1.79. The molecule has 0 aliphatic carbocycles. The molecule has 2 heterocycles. The number of nitrogens with zero attached hydrogens (tertiary/aromatic N) is 6. The Morgan fingerprint density at radius 1 is 0.738 bits per heavy atom. The lowest BCUT2D eigenvalue weighted by molar-refractivity contribution is -0.145. The molecule has 2 saturated heterocycles.